The Kier molecular flexibility index (Phi) is 8.64. The predicted octanol–water partition coefficient (Wildman–Crippen LogP) is 5.71. The molecule has 0 aliphatic heterocycles. The maximum absolute atomic E-state index is 11.8. The normalized spacial score (nSPS) is 11.2. The van der Waals surface area contributed by atoms with Gasteiger partial charge in [-0.3, -0.25) is 0 Å². The Labute approximate surface area is 181 Å². The summed E-state index contributed by atoms with van der Waals surface area (Å²) >= 11 is 9.43. The van der Waals surface area contributed by atoms with Crippen molar-refractivity contribution >= 4 is 33.6 Å². The second-order valence-corrected chi connectivity index (χ2v) is 8.95. The summed E-state index contributed by atoms with van der Waals surface area (Å²) in [5, 5.41) is 6.41. The van der Waals surface area contributed by atoms with Crippen LogP contribution in [0.4, 0.5) is 4.79 Å². The van der Waals surface area contributed by atoms with Crippen molar-refractivity contribution in [3.8, 4) is 5.75 Å². The average molecular weight is 468 g/mol. The minimum Gasteiger partial charge on any atom is -0.492 e. The minimum absolute atomic E-state index is 0.103. The highest BCUT2D eigenvalue weighted by atomic mass is 79.9. The summed E-state index contributed by atoms with van der Waals surface area (Å²) in [7, 11) is 0. The number of carbonyl (C=O) groups is 1. The number of urea groups is 1. The first-order chi connectivity index (χ1) is 13.3. The van der Waals surface area contributed by atoms with E-state index in [-0.39, 0.29) is 11.4 Å². The maximum Gasteiger partial charge on any atom is 0.314 e. The molecule has 28 heavy (non-hydrogen) atoms. The van der Waals surface area contributed by atoms with Gasteiger partial charge in [0.1, 0.15) is 5.75 Å². The number of hydrogen-bond donors (Lipinski definition) is 2. The molecule has 0 fully saturated rings. The molecule has 0 spiro atoms. The van der Waals surface area contributed by atoms with Gasteiger partial charge in [-0.05, 0) is 69.6 Å². The number of hydrogen-bond acceptors (Lipinski definition) is 2. The zero-order chi connectivity index (χ0) is 20.6. The maximum atomic E-state index is 11.8. The van der Waals surface area contributed by atoms with Crippen LogP contribution in [0.2, 0.25) is 5.02 Å². The highest BCUT2D eigenvalue weighted by molar-refractivity contribution is 9.10. The number of benzene rings is 2. The van der Waals surface area contributed by atoms with Crippen molar-refractivity contribution in [2.24, 2.45) is 0 Å². The molecule has 0 heterocycles. The van der Waals surface area contributed by atoms with Gasteiger partial charge in [0.25, 0.3) is 0 Å². The van der Waals surface area contributed by atoms with E-state index in [2.05, 4.69) is 59.5 Å². The van der Waals surface area contributed by atoms with E-state index in [1.807, 2.05) is 30.3 Å². The van der Waals surface area contributed by atoms with Crippen molar-refractivity contribution in [1.29, 1.82) is 0 Å². The van der Waals surface area contributed by atoms with Gasteiger partial charge in [0.2, 0.25) is 0 Å². The minimum atomic E-state index is -0.162. The molecule has 2 rings (SSSR count). The van der Waals surface area contributed by atoms with Gasteiger partial charge in [-0.2, -0.15) is 0 Å². The van der Waals surface area contributed by atoms with Crippen LogP contribution in [0.3, 0.4) is 0 Å². The zero-order valence-electron chi connectivity index (χ0n) is 16.6. The fourth-order valence-corrected chi connectivity index (χ4v) is 3.19. The van der Waals surface area contributed by atoms with Crippen LogP contribution in [-0.2, 0) is 11.8 Å². The van der Waals surface area contributed by atoms with E-state index in [0.29, 0.717) is 24.7 Å². The lowest BCUT2D eigenvalue weighted by Gasteiger charge is -2.20. The zero-order valence-corrected chi connectivity index (χ0v) is 19.0. The molecule has 6 heteroatoms. The van der Waals surface area contributed by atoms with Gasteiger partial charge in [0.15, 0.2) is 0 Å². The summed E-state index contributed by atoms with van der Waals surface area (Å²) in [4.78, 5) is 11.8. The number of nitrogens with one attached hydrogen (secondary N) is 2. The van der Waals surface area contributed by atoms with Crippen LogP contribution in [0.5, 0.6) is 5.75 Å². The molecule has 0 aliphatic carbocycles. The van der Waals surface area contributed by atoms with Crippen LogP contribution >= 0.6 is 27.5 Å². The van der Waals surface area contributed by atoms with E-state index in [4.69, 9.17) is 16.3 Å². The lowest BCUT2D eigenvalue weighted by atomic mass is 9.87. The van der Waals surface area contributed by atoms with Gasteiger partial charge >= 0.3 is 6.03 Å². The second-order valence-electron chi connectivity index (χ2n) is 7.66. The lowest BCUT2D eigenvalue weighted by Crippen LogP contribution is -2.37. The van der Waals surface area contributed by atoms with E-state index in [1.54, 1.807) is 0 Å². The first-order valence-corrected chi connectivity index (χ1v) is 10.6. The molecule has 0 atom stereocenters. The molecule has 2 aromatic carbocycles. The van der Waals surface area contributed by atoms with E-state index >= 15 is 0 Å². The van der Waals surface area contributed by atoms with E-state index < -0.39 is 0 Å². The van der Waals surface area contributed by atoms with Crippen molar-refractivity contribution in [2.75, 3.05) is 19.7 Å². The Morgan fingerprint density at radius 1 is 1.07 bits per heavy atom. The van der Waals surface area contributed by atoms with Crippen LogP contribution in [0.1, 0.15) is 38.3 Å². The Morgan fingerprint density at radius 3 is 2.39 bits per heavy atom. The highest BCUT2D eigenvalue weighted by Gasteiger charge is 2.15. The van der Waals surface area contributed by atoms with E-state index in [1.165, 1.54) is 5.56 Å². The molecular weight excluding hydrogens is 440 g/mol. The summed E-state index contributed by atoms with van der Waals surface area (Å²) < 4.78 is 6.76. The third kappa shape index (κ3) is 7.72. The quantitative estimate of drug-likeness (QED) is 0.488. The van der Waals surface area contributed by atoms with Gasteiger partial charge in [0, 0.05) is 18.1 Å². The number of halogens is 2. The molecule has 2 aromatic rings. The van der Waals surface area contributed by atoms with Crippen molar-refractivity contribution in [3.05, 3.63) is 63.1 Å². The Balaban J connectivity index is 1.61. The molecule has 0 bridgehead atoms. The van der Waals surface area contributed by atoms with Gasteiger partial charge < -0.3 is 15.4 Å². The number of carbonyl (C=O) groups excluding carboxylic acids is 1. The van der Waals surface area contributed by atoms with Crippen molar-refractivity contribution < 1.29 is 9.53 Å². The molecule has 0 aromatic heterocycles. The molecule has 0 saturated carbocycles. The van der Waals surface area contributed by atoms with Crippen LogP contribution in [-0.4, -0.2) is 25.7 Å². The van der Waals surface area contributed by atoms with Crippen molar-refractivity contribution in [3.63, 3.8) is 0 Å². The van der Waals surface area contributed by atoms with Gasteiger partial charge in [-0.25, -0.2) is 4.79 Å². The van der Waals surface area contributed by atoms with Crippen LogP contribution < -0.4 is 15.4 Å². The number of rotatable bonds is 8. The first-order valence-electron chi connectivity index (χ1n) is 9.44. The van der Waals surface area contributed by atoms with E-state index in [9.17, 15) is 4.79 Å². The molecule has 0 aliphatic rings. The van der Waals surface area contributed by atoms with Crippen LogP contribution in [0.25, 0.3) is 0 Å². The van der Waals surface area contributed by atoms with Crippen molar-refractivity contribution in [1.82, 2.24) is 10.6 Å². The molecule has 0 radical (unpaired) electrons. The predicted molar refractivity (Wildman–Crippen MR) is 120 cm³/mol. The molecule has 152 valence electrons. The third-order valence-electron chi connectivity index (χ3n) is 4.27. The smallest absolute Gasteiger partial charge is 0.314 e. The molecule has 2 N–H and O–H groups in total. The Bertz CT molecular complexity index is 773. The molecule has 0 saturated heterocycles. The SMILES string of the molecule is CC(C)(C)c1ccc(OCCCNC(=O)NCCc2ccc(Cl)cc2)c(Br)c1. The highest BCUT2D eigenvalue weighted by Crippen LogP contribution is 2.31. The molecular formula is C22H28BrClN2O2. The van der Waals surface area contributed by atoms with Crippen LogP contribution in [0, 0.1) is 0 Å². The average Bonchev–Trinajstić information content (AvgIpc) is 2.63. The Hall–Kier alpha value is -1.72. The summed E-state index contributed by atoms with van der Waals surface area (Å²) in [6.07, 6.45) is 1.50. The summed E-state index contributed by atoms with van der Waals surface area (Å²) in [6, 6.07) is 13.6. The van der Waals surface area contributed by atoms with E-state index in [0.717, 1.165) is 28.6 Å². The number of amides is 2. The third-order valence-corrected chi connectivity index (χ3v) is 5.15. The fraction of sp³-hybridized carbons (Fsp3) is 0.409. The van der Waals surface area contributed by atoms with Gasteiger partial charge in [-0.15, -0.1) is 0 Å². The molecule has 2 amide bonds. The summed E-state index contributed by atoms with van der Waals surface area (Å²) in [5.74, 6) is 0.820. The largest absolute Gasteiger partial charge is 0.492 e. The summed E-state index contributed by atoms with van der Waals surface area (Å²) in [5.41, 5.74) is 2.50. The van der Waals surface area contributed by atoms with Gasteiger partial charge in [0.05, 0.1) is 11.1 Å². The lowest BCUT2D eigenvalue weighted by molar-refractivity contribution is 0.239. The molecule has 0 unspecified atom stereocenters. The Morgan fingerprint density at radius 2 is 1.75 bits per heavy atom. The first kappa shape index (κ1) is 22.6. The van der Waals surface area contributed by atoms with Crippen LogP contribution in [0.15, 0.2) is 46.9 Å². The summed E-state index contributed by atoms with van der Waals surface area (Å²) in [6.45, 7) is 8.23. The monoisotopic (exact) mass is 466 g/mol. The van der Waals surface area contributed by atoms with Crippen molar-refractivity contribution in [2.45, 2.75) is 39.0 Å². The fourth-order valence-electron chi connectivity index (χ4n) is 2.57. The molecule has 4 nitrogen and oxygen atoms in total. The standard InChI is InChI=1S/C22H28BrClN2O2/c1-22(2,3)17-7-10-20(19(23)15-17)28-14-4-12-25-21(27)26-13-11-16-5-8-18(24)9-6-16/h5-10,15H,4,11-14H2,1-3H3,(H2,25,26,27). The second kappa shape index (κ2) is 10.7. The topological polar surface area (TPSA) is 50.4 Å². The number of ether oxygens (including phenoxy) is 1. The van der Waals surface area contributed by atoms with Gasteiger partial charge in [-0.1, -0.05) is 50.6 Å².